The van der Waals surface area contributed by atoms with Gasteiger partial charge in [-0.1, -0.05) is 0 Å². The van der Waals surface area contributed by atoms with E-state index in [9.17, 15) is 17.7 Å². The molecule has 182 valence electrons. The van der Waals surface area contributed by atoms with E-state index in [4.69, 9.17) is 4.74 Å². The minimum absolute atomic E-state index is 0.0221. The Hall–Kier alpha value is -3.00. The number of β-amino-alcohol motifs (C(OH)–C–C–N with tert-alkyl or cyclic N) is 1. The minimum atomic E-state index is -3.45. The Morgan fingerprint density at radius 3 is 2.62 bits per heavy atom. The Morgan fingerprint density at radius 1 is 1.18 bits per heavy atom. The van der Waals surface area contributed by atoms with Crippen LogP contribution in [0.15, 0.2) is 36.8 Å². The highest BCUT2D eigenvalue weighted by molar-refractivity contribution is 8.00. The summed E-state index contributed by atoms with van der Waals surface area (Å²) in [6.45, 7) is 1.87. The van der Waals surface area contributed by atoms with Crippen LogP contribution in [-0.2, 0) is 19.7 Å². The molecule has 1 aromatic carbocycles. The van der Waals surface area contributed by atoms with E-state index in [2.05, 4.69) is 30.9 Å². The quantitative estimate of drug-likeness (QED) is 0.401. The van der Waals surface area contributed by atoms with Crippen LogP contribution in [0.3, 0.4) is 0 Å². The van der Waals surface area contributed by atoms with Crippen LogP contribution >= 0.6 is 0 Å². The van der Waals surface area contributed by atoms with Gasteiger partial charge in [0.1, 0.15) is 30.0 Å². The van der Waals surface area contributed by atoms with Gasteiger partial charge >= 0.3 is 0 Å². The maximum absolute atomic E-state index is 12.0. The molecule has 2 aromatic heterocycles. The molecule has 0 spiro atoms. The lowest BCUT2D eigenvalue weighted by molar-refractivity contribution is 0.0712. The number of aryl methyl sites for hydroxylation is 1. The van der Waals surface area contributed by atoms with E-state index in [-0.39, 0.29) is 19.0 Å². The van der Waals surface area contributed by atoms with Crippen molar-refractivity contribution in [2.24, 2.45) is 0 Å². The van der Waals surface area contributed by atoms with Crippen LogP contribution in [0.5, 0.6) is 5.88 Å². The summed E-state index contributed by atoms with van der Waals surface area (Å²) in [5.41, 5.74) is 2.59. The zero-order valence-electron chi connectivity index (χ0n) is 18.9. The lowest BCUT2D eigenvalue weighted by atomic mass is 10.1. The van der Waals surface area contributed by atoms with E-state index in [0.717, 1.165) is 17.2 Å². The summed E-state index contributed by atoms with van der Waals surface area (Å²) in [7, 11) is -5.90. The van der Waals surface area contributed by atoms with Gasteiger partial charge in [0.05, 0.1) is 18.3 Å². The minimum Gasteiger partial charge on any atom is -0.469 e. The van der Waals surface area contributed by atoms with Gasteiger partial charge in [-0.3, -0.25) is 0 Å². The predicted octanol–water partition coefficient (Wildman–Crippen LogP) is 1.13. The van der Waals surface area contributed by atoms with Gasteiger partial charge in [-0.05, 0) is 42.6 Å². The van der Waals surface area contributed by atoms with Crippen molar-refractivity contribution in [3.05, 3.63) is 42.4 Å². The van der Waals surface area contributed by atoms with Crippen LogP contribution in [0.2, 0.25) is 0 Å². The summed E-state index contributed by atoms with van der Waals surface area (Å²) in [6.07, 6.45) is 3.80. The Labute approximate surface area is 198 Å². The first-order valence-electron chi connectivity index (χ1n) is 10.3. The van der Waals surface area contributed by atoms with E-state index in [1.54, 1.807) is 24.4 Å². The zero-order chi connectivity index (χ0) is 24.7. The van der Waals surface area contributed by atoms with Crippen LogP contribution in [-0.4, -0.2) is 80.7 Å². The summed E-state index contributed by atoms with van der Waals surface area (Å²) < 4.78 is 45.7. The van der Waals surface area contributed by atoms with Gasteiger partial charge in [0.15, 0.2) is 0 Å². The number of aliphatic hydroxyl groups excluding tert-OH is 1. The number of aromatic nitrogens is 3. The van der Waals surface area contributed by atoms with Crippen LogP contribution in [0.4, 0.5) is 17.2 Å². The number of aliphatic hydroxyl groups is 1. The van der Waals surface area contributed by atoms with Crippen molar-refractivity contribution < 1.29 is 22.5 Å². The third-order valence-electron chi connectivity index (χ3n) is 5.23. The molecule has 1 aliphatic rings. The number of nitrogens with zero attached hydrogens (tertiary/aromatic N) is 4. The molecule has 0 bridgehead atoms. The average Bonchev–Trinajstić information content (AvgIpc) is 3.09. The zero-order valence-corrected chi connectivity index (χ0v) is 20.6. The van der Waals surface area contributed by atoms with Crippen molar-refractivity contribution in [3.8, 4) is 5.88 Å². The van der Waals surface area contributed by atoms with Crippen molar-refractivity contribution in [2.45, 2.75) is 19.1 Å². The molecular formula is C21H26N6O5S2. The first kappa shape index (κ1) is 24.1. The SMILES string of the molecule is C=S(C)(=O)Nc1cc(C)c2c(Nc3cccnc3OC3CN(S(C)(=O)=O)CC3O)ncnc2c1. The van der Waals surface area contributed by atoms with E-state index in [1.165, 1.54) is 16.9 Å². The van der Waals surface area contributed by atoms with E-state index >= 15 is 0 Å². The first-order chi connectivity index (χ1) is 15.9. The number of hydrogen-bond acceptors (Lipinski definition) is 9. The lowest BCUT2D eigenvalue weighted by Crippen LogP contribution is -2.31. The number of hydrogen-bond donors (Lipinski definition) is 3. The van der Waals surface area contributed by atoms with Gasteiger partial charge in [0, 0.05) is 39.8 Å². The van der Waals surface area contributed by atoms with Crippen molar-refractivity contribution in [3.63, 3.8) is 0 Å². The van der Waals surface area contributed by atoms with Gasteiger partial charge in [-0.15, -0.1) is 0 Å². The molecule has 3 atom stereocenters. The number of rotatable bonds is 7. The fourth-order valence-electron chi connectivity index (χ4n) is 3.76. The highest BCUT2D eigenvalue weighted by atomic mass is 32.2. The molecule has 3 aromatic rings. The molecule has 0 saturated carbocycles. The van der Waals surface area contributed by atoms with Crippen LogP contribution in [0.25, 0.3) is 10.9 Å². The molecule has 3 unspecified atom stereocenters. The smallest absolute Gasteiger partial charge is 0.238 e. The Bertz CT molecular complexity index is 1450. The molecular weight excluding hydrogens is 480 g/mol. The number of ether oxygens (including phenoxy) is 1. The highest BCUT2D eigenvalue weighted by Crippen LogP contribution is 2.32. The third kappa shape index (κ3) is 5.38. The van der Waals surface area contributed by atoms with Crippen molar-refractivity contribution in [1.29, 1.82) is 0 Å². The molecule has 4 rings (SSSR count). The Kier molecular flexibility index (Phi) is 6.38. The summed E-state index contributed by atoms with van der Waals surface area (Å²) >= 11 is 0. The standard InChI is InChI=1S/C21H26N6O5S2/c1-13-8-14(26-33(2,3)29)9-16-19(13)20(24-12-23-16)25-15-6-5-7-22-21(15)32-18-11-27(10-17(18)28)34(4,30)31/h5-9,12,17-18,28H,2,10-11H2,1,3-4H3,(H,26,29)(H,23,24,25). The topological polar surface area (TPSA) is 147 Å². The molecule has 0 amide bonds. The molecule has 1 fully saturated rings. The summed E-state index contributed by atoms with van der Waals surface area (Å²) in [5, 5.41) is 14.3. The van der Waals surface area contributed by atoms with Gasteiger partial charge in [-0.2, -0.15) is 4.31 Å². The predicted molar refractivity (Wildman–Crippen MR) is 133 cm³/mol. The third-order valence-corrected chi connectivity index (χ3v) is 7.13. The fraction of sp³-hybridized carbons (Fsp3) is 0.333. The Balaban J connectivity index is 1.64. The average molecular weight is 507 g/mol. The molecule has 0 radical (unpaired) electrons. The highest BCUT2D eigenvalue weighted by Gasteiger charge is 2.38. The van der Waals surface area contributed by atoms with Gasteiger partial charge in [0.25, 0.3) is 0 Å². The molecule has 3 heterocycles. The molecule has 34 heavy (non-hydrogen) atoms. The molecule has 13 heteroatoms. The second-order valence-corrected chi connectivity index (χ2v) is 12.5. The Morgan fingerprint density at radius 2 is 1.94 bits per heavy atom. The van der Waals surface area contributed by atoms with Crippen LogP contribution < -0.4 is 14.8 Å². The molecule has 3 N–H and O–H groups in total. The maximum atomic E-state index is 12.0. The molecule has 1 saturated heterocycles. The normalized spacial score (nSPS) is 20.7. The van der Waals surface area contributed by atoms with Gasteiger partial charge in [0.2, 0.25) is 15.9 Å². The van der Waals surface area contributed by atoms with E-state index in [0.29, 0.717) is 22.7 Å². The number of fused-ring (bicyclic) bond motifs is 1. The second-order valence-electron chi connectivity index (χ2n) is 8.30. The first-order valence-corrected chi connectivity index (χ1v) is 14.3. The summed E-state index contributed by atoms with van der Waals surface area (Å²) in [6, 6.07) is 7.05. The second kappa shape index (κ2) is 8.98. The number of sulfonamides is 1. The number of nitrogens with one attached hydrogen (secondary N) is 2. The lowest BCUT2D eigenvalue weighted by Gasteiger charge is -2.19. The largest absolute Gasteiger partial charge is 0.469 e. The molecule has 1 aliphatic heterocycles. The van der Waals surface area contributed by atoms with Crippen molar-refractivity contribution in [2.75, 3.05) is 35.6 Å². The van der Waals surface area contributed by atoms with Gasteiger partial charge in [-0.25, -0.2) is 27.6 Å². The van der Waals surface area contributed by atoms with E-state index in [1.807, 2.05) is 13.0 Å². The van der Waals surface area contributed by atoms with Gasteiger partial charge < -0.3 is 19.9 Å². The molecule has 0 aliphatic carbocycles. The van der Waals surface area contributed by atoms with E-state index < -0.39 is 31.9 Å². The summed E-state index contributed by atoms with van der Waals surface area (Å²) in [5.74, 6) is 4.32. The monoisotopic (exact) mass is 506 g/mol. The molecule has 11 nitrogen and oxygen atoms in total. The number of benzene rings is 1. The maximum Gasteiger partial charge on any atom is 0.238 e. The fourth-order valence-corrected chi connectivity index (χ4v) is 5.21. The van der Waals surface area contributed by atoms with Crippen LogP contribution in [0, 0.1) is 6.92 Å². The number of pyridine rings is 1. The van der Waals surface area contributed by atoms with Crippen molar-refractivity contribution in [1.82, 2.24) is 19.3 Å². The van der Waals surface area contributed by atoms with Crippen molar-refractivity contribution >= 4 is 53.7 Å². The van der Waals surface area contributed by atoms with Crippen LogP contribution in [0.1, 0.15) is 5.56 Å². The number of anilines is 3. The summed E-state index contributed by atoms with van der Waals surface area (Å²) in [4.78, 5) is 13.0.